The molecule has 0 aliphatic heterocycles. The number of rotatable bonds is 8. The summed E-state index contributed by atoms with van der Waals surface area (Å²) in [4.78, 5) is 24.9. The quantitative estimate of drug-likeness (QED) is 0.791. The maximum Gasteiger partial charge on any atom is 0.371 e. The van der Waals surface area contributed by atoms with E-state index >= 15 is 0 Å². The summed E-state index contributed by atoms with van der Waals surface area (Å²) < 4.78 is 10.1. The lowest BCUT2D eigenvalue weighted by molar-refractivity contribution is 0.0550. The Hall–Kier alpha value is -1.82. The van der Waals surface area contributed by atoms with Crippen molar-refractivity contribution in [1.29, 1.82) is 0 Å². The molecule has 0 atom stereocenters. The van der Waals surface area contributed by atoms with Gasteiger partial charge in [0.15, 0.2) is 5.76 Å². The van der Waals surface area contributed by atoms with E-state index in [0.29, 0.717) is 13.2 Å². The minimum Gasteiger partial charge on any atom is -0.475 e. The van der Waals surface area contributed by atoms with Crippen LogP contribution >= 0.6 is 0 Å². The van der Waals surface area contributed by atoms with Crippen LogP contribution in [0.2, 0.25) is 0 Å². The van der Waals surface area contributed by atoms with Crippen LogP contribution in [-0.2, 0) is 4.74 Å². The second kappa shape index (κ2) is 7.69. The number of nitrogens with zero attached hydrogens (tertiary/aromatic N) is 1. The second-order valence-electron chi connectivity index (χ2n) is 4.43. The van der Waals surface area contributed by atoms with Gasteiger partial charge in [-0.05, 0) is 25.0 Å². The van der Waals surface area contributed by atoms with Crippen LogP contribution in [0.4, 0.5) is 0 Å². The van der Waals surface area contributed by atoms with Crippen molar-refractivity contribution in [2.75, 3.05) is 20.3 Å². The van der Waals surface area contributed by atoms with Gasteiger partial charge in [-0.3, -0.25) is 4.79 Å². The number of carbonyl (C=O) groups is 2. The van der Waals surface area contributed by atoms with Crippen LogP contribution in [0, 0.1) is 0 Å². The molecule has 112 valence electrons. The Balaban J connectivity index is 2.92. The molecule has 0 saturated carbocycles. The van der Waals surface area contributed by atoms with Crippen molar-refractivity contribution >= 4 is 11.9 Å². The number of methoxy groups -OCH3 is 1. The topological polar surface area (TPSA) is 80.0 Å². The summed E-state index contributed by atoms with van der Waals surface area (Å²) in [7, 11) is 1.57. The zero-order valence-corrected chi connectivity index (χ0v) is 12.1. The Kier molecular flexibility index (Phi) is 6.24. The van der Waals surface area contributed by atoms with E-state index in [9.17, 15) is 9.59 Å². The number of ether oxygens (including phenoxy) is 1. The fourth-order valence-electron chi connectivity index (χ4n) is 2.08. The summed E-state index contributed by atoms with van der Waals surface area (Å²) in [5.41, 5.74) is 0. The van der Waals surface area contributed by atoms with Crippen LogP contribution in [0.1, 0.15) is 47.8 Å². The predicted molar refractivity (Wildman–Crippen MR) is 72.9 cm³/mol. The largest absolute Gasteiger partial charge is 0.475 e. The van der Waals surface area contributed by atoms with Crippen molar-refractivity contribution < 1.29 is 23.8 Å². The SMILES string of the molecule is CCC(CC)N(CCOC)C(=O)c1ccc(C(=O)O)o1. The first kappa shape index (κ1) is 16.2. The Bertz CT molecular complexity index is 450. The first-order chi connectivity index (χ1) is 9.54. The number of carbonyl (C=O) groups excluding carboxylic acids is 1. The van der Waals surface area contributed by atoms with Crippen LogP contribution in [0.25, 0.3) is 0 Å². The van der Waals surface area contributed by atoms with Crippen molar-refractivity contribution in [2.45, 2.75) is 32.7 Å². The lowest BCUT2D eigenvalue weighted by atomic mass is 10.1. The number of aromatic carboxylic acids is 1. The molecule has 0 aliphatic rings. The fraction of sp³-hybridized carbons (Fsp3) is 0.571. The molecule has 0 unspecified atom stereocenters. The van der Waals surface area contributed by atoms with E-state index in [2.05, 4.69) is 0 Å². The van der Waals surface area contributed by atoms with Crippen molar-refractivity contribution in [3.63, 3.8) is 0 Å². The molecule has 0 bridgehead atoms. The zero-order valence-electron chi connectivity index (χ0n) is 12.1. The number of furan rings is 1. The third-order valence-corrected chi connectivity index (χ3v) is 3.21. The number of hydrogen-bond donors (Lipinski definition) is 1. The molecular weight excluding hydrogens is 262 g/mol. The summed E-state index contributed by atoms with van der Waals surface area (Å²) >= 11 is 0. The highest BCUT2D eigenvalue weighted by Crippen LogP contribution is 2.16. The van der Waals surface area contributed by atoms with Crippen molar-refractivity contribution in [2.24, 2.45) is 0 Å². The Labute approximate surface area is 118 Å². The Morgan fingerprint density at radius 3 is 2.35 bits per heavy atom. The molecule has 1 rings (SSSR count). The highest BCUT2D eigenvalue weighted by molar-refractivity contribution is 5.93. The van der Waals surface area contributed by atoms with E-state index in [4.69, 9.17) is 14.3 Å². The van der Waals surface area contributed by atoms with Crippen LogP contribution in [-0.4, -0.2) is 48.2 Å². The van der Waals surface area contributed by atoms with Crippen LogP contribution < -0.4 is 0 Å². The monoisotopic (exact) mass is 283 g/mol. The number of amides is 1. The summed E-state index contributed by atoms with van der Waals surface area (Å²) in [6.45, 7) is 4.89. The van der Waals surface area contributed by atoms with Crippen LogP contribution in [0.5, 0.6) is 0 Å². The van der Waals surface area contributed by atoms with E-state index < -0.39 is 5.97 Å². The molecule has 1 amide bonds. The molecular formula is C14H21NO5. The first-order valence-corrected chi connectivity index (χ1v) is 6.68. The maximum atomic E-state index is 12.4. The molecule has 0 aromatic carbocycles. The van der Waals surface area contributed by atoms with Crippen LogP contribution in [0.3, 0.4) is 0 Å². The van der Waals surface area contributed by atoms with Crippen molar-refractivity contribution in [3.8, 4) is 0 Å². The van der Waals surface area contributed by atoms with Gasteiger partial charge in [-0.2, -0.15) is 0 Å². The van der Waals surface area contributed by atoms with E-state index in [1.165, 1.54) is 12.1 Å². The molecule has 0 spiro atoms. The average molecular weight is 283 g/mol. The zero-order chi connectivity index (χ0) is 15.1. The molecule has 1 aromatic rings. The van der Waals surface area contributed by atoms with Gasteiger partial charge >= 0.3 is 5.97 Å². The standard InChI is InChI=1S/C14H21NO5/c1-4-10(5-2)15(8-9-19-3)13(16)11-6-7-12(20-11)14(17)18/h6-7,10H,4-5,8-9H2,1-3H3,(H,17,18). The molecule has 1 aromatic heterocycles. The molecule has 1 heterocycles. The number of hydrogen-bond acceptors (Lipinski definition) is 4. The highest BCUT2D eigenvalue weighted by atomic mass is 16.5. The van der Waals surface area contributed by atoms with E-state index in [1.807, 2.05) is 13.8 Å². The van der Waals surface area contributed by atoms with E-state index in [0.717, 1.165) is 12.8 Å². The minimum atomic E-state index is -1.19. The molecule has 6 nitrogen and oxygen atoms in total. The molecule has 20 heavy (non-hydrogen) atoms. The van der Waals surface area contributed by atoms with Gasteiger partial charge in [-0.1, -0.05) is 13.8 Å². The normalized spacial score (nSPS) is 10.8. The smallest absolute Gasteiger partial charge is 0.371 e. The van der Waals surface area contributed by atoms with Gasteiger partial charge in [0.25, 0.3) is 5.91 Å². The van der Waals surface area contributed by atoms with Crippen molar-refractivity contribution in [3.05, 3.63) is 23.7 Å². The Morgan fingerprint density at radius 1 is 1.30 bits per heavy atom. The van der Waals surface area contributed by atoms with E-state index in [1.54, 1.807) is 12.0 Å². The predicted octanol–water partition coefficient (Wildman–Crippen LogP) is 2.25. The molecule has 0 saturated heterocycles. The minimum absolute atomic E-state index is 0.0467. The second-order valence-corrected chi connectivity index (χ2v) is 4.43. The van der Waals surface area contributed by atoms with Gasteiger partial charge in [0, 0.05) is 19.7 Å². The highest BCUT2D eigenvalue weighted by Gasteiger charge is 2.25. The van der Waals surface area contributed by atoms with Gasteiger partial charge in [-0.25, -0.2) is 4.79 Å². The molecule has 0 fully saturated rings. The van der Waals surface area contributed by atoms with Gasteiger partial charge in [0.1, 0.15) is 0 Å². The van der Waals surface area contributed by atoms with Gasteiger partial charge in [0.05, 0.1) is 6.61 Å². The molecule has 6 heteroatoms. The first-order valence-electron chi connectivity index (χ1n) is 6.68. The third-order valence-electron chi connectivity index (χ3n) is 3.21. The fourth-order valence-corrected chi connectivity index (χ4v) is 2.08. The maximum absolute atomic E-state index is 12.4. The summed E-state index contributed by atoms with van der Waals surface area (Å²) in [6.07, 6.45) is 1.64. The summed E-state index contributed by atoms with van der Waals surface area (Å²) in [6, 6.07) is 2.77. The van der Waals surface area contributed by atoms with Crippen molar-refractivity contribution in [1.82, 2.24) is 4.90 Å². The number of carboxylic acid groups (broad SMARTS) is 1. The van der Waals surface area contributed by atoms with Gasteiger partial charge < -0.3 is 19.2 Å². The Morgan fingerprint density at radius 2 is 1.90 bits per heavy atom. The lowest BCUT2D eigenvalue weighted by Gasteiger charge is -2.29. The number of carboxylic acids is 1. The molecule has 0 aliphatic carbocycles. The molecule has 0 radical (unpaired) electrons. The average Bonchev–Trinajstić information content (AvgIpc) is 2.92. The van der Waals surface area contributed by atoms with Gasteiger partial charge in [-0.15, -0.1) is 0 Å². The van der Waals surface area contributed by atoms with Crippen LogP contribution in [0.15, 0.2) is 16.5 Å². The van der Waals surface area contributed by atoms with E-state index in [-0.39, 0.29) is 23.5 Å². The summed E-state index contributed by atoms with van der Waals surface area (Å²) in [5, 5.41) is 8.82. The third kappa shape index (κ3) is 3.84. The molecule has 1 N–H and O–H groups in total. The van der Waals surface area contributed by atoms with Gasteiger partial charge in [0.2, 0.25) is 5.76 Å². The lowest BCUT2D eigenvalue weighted by Crippen LogP contribution is -2.41. The summed E-state index contributed by atoms with van der Waals surface area (Å²) in [5.74, 6) is -1.67.